The van der Waals surface area contributed by atoms with Crippen LogP contribution in [0, 0.1) is 0 Å². The van der Waals surface area contributed by atoms with Crippen molar-refractivity contribution in [1.82, 2.24) is 9.88 Å². The highest BCUT2D eigenvalue weighted by Gasteiger charge is 2.60. The summed E-state index contributed by atoms with van der Waals surface area (Å²) in [5.74, 6) is -4.49. The maximum absolute atomic E-state index is 14.2. The third-order valence-corrected chi connectivity index (χ3v) is 6.47. The Morgan fingerprint density at radius 1 is 1.16 bits per heavy atom. The largest absolute Gasteiger partial charge is 0.478 e. The van der Waals surface area contributed by atoms with E-state index < -0.39 is 58.6 Å². The molecule has 0 saturated heterocycles. The van der Waals surface area contributed by atoms with Crippen molar-refractivity contribution in [2.75, 3.05) is 7.05 Å². The highest BCUT2D eigenvalue weighted by atomic mass is 35.5. The molecule has 0 saturated carbocycles. The summed E-state index contributed by atoms with van der Waals surface area (Å²) in [6.07, 6.45) is -9.56. The van der Waals surface area contributed by atoms with E-state index in [1.54, 1.807) is 0 Å². The normalized spacial score (nSPS) is 18.8. The molecular weight excluding hydrogens is 569 g/mol. The van der Waals surface area contributed by atoms with Gasteiger partial charge in [-0.15, -0.1) is 0 Å². The number of carboxylic acids is 1. The van der Waals surface area contributed by atoms with Gasteiger partial charge in [0.15, 0.2) is 11.8 Å². The highest BCUT2D eigenvalue weighted by molar-refractivity contribution is 6.31. The average molecular weight is 587 g/mol. The zero-order valence-electron chi connectivity index (χ0n) is 19.3. The lowest BCUT2D eigenvalue weighted by Crippen LogP contribution is -2.52. The Balaban J connectivity index is 1.99. The van der Waals surface area contributed by atoms with Gasteiger partial charge in [-0.05, 0) is 23.8 Å². The molecule has 38 heavy (non-hydrogen) atoms. The number of pyridine rings is 1. The fourth-order valence-electron chi connectivity index (χ4n) is 3.78. The van der Waals surface area contributed by atoms with Crippen LogP contribution in [0.3, 0.4) is 0 Å². The number of hydrogen-bond acceptors (Lipinski definition) is 6. The van der Waals surface area contributed by atoms with Crippen molar-refractivity contribution in [1.29, 1.82) is 0 Å². The van der Waals surface area contributed by atoms with Crippen molar-refractivity contribution in [3.8, 4) is 11.6 Å². The molecule has 0 radical (unpaired) electrons. The molecule has 2 aromatic rings. The van der Waals surface area contributed by atoms with E-state index >= 15 is 0 Å². The van der Waals surface area contributed by atoms with Crippen molar-refractivity contribution in [2.45, 2.75) is 37.0 Å². The SMILES string of the molecule is C[C@@H](c1ccc(Oc2cc(C(F)(F)F)c(C(=O)O)cn2)cc1Cl)[C@](O)(C1=CN(C)C(O)C(Cl)=C1)C(F)(F)F. The summed E-state index contributed by atoms with van der Waals surface area (Å²) < 4.78 is 87.7. The van der Waals surface area contributed by atoms with Gasteiger partial charge in [-0.2, -0.15) is 26.3 Å². The fourth-order valence-corrected chi connectivity index (χ4v) is 4.38. The van der Waals surface area contributed by atoms with Crippen LogP contribution in [-0.4, -0.2) is 56.2 Å². The Labute approximate surface area is 221 Å². The summed E-state index contributed by atoms with van der Waals surface area (Å²) in [5, 5.41) is 29.1. The predicted octanol–water partition coefficient (Wildman–Crippen LogP) is 5.91. The minimum Gasteiger partial charge on any atom is -0.478 e. The first kappa shape index (κ1) is 29.6. The minimum absolute atomic E-state index is 0.205. The molecule has 1 aliphatic heterocycles. The third-order valence-electron chi connectivity index (χ3n) is 5.84. The number of ether oxygens (including phenoxy) is 1. The van der Waals surface area contributed by atoms with Crippen molar-refractivity contribution < 1.29 is 51.2 Å². The molecule has 7 nitrogen and oxygen atoms in total. The summed E-state index contributed by atoms with van der Waals surface area (Å²) in [6, 6.07) is 3.51. The first-order valence-electron chi connectivity index (χ1n) is 10.4. The number of aromatic nitrogens is 1. The van der Waals surface area contributed by atoms with Crippen LogP contribution in [0.25, 0.3) is 0 Å². The van der Waals surface area contributed by atoms with Crippen molar-refractivity contribution in [2.24, 2.45) is 0 Å². The molecular formula is C23H18Cl2F6N2O5. The molecule has 3 rings (SSSR count). The number of aliphatic hydroxyl groups excluding tert-OH is 1. The number of carboxylic acid groups (broad SMARTS) is 1. The summed E-state index contributed by atoms with van der Waals surface area (Å²) in [4.78, 5) is 15.6. The van der Waals surface area contributed by atoms with E-state index in [9.17, 15) is 41.4 Å². The van der Waals surface area contributed by atoms with Gasteiger partial charge in [0.2, 0.25) is 5.88 Å². The zero-order chi connectivity index (χ0) is 28.8. The van der Waals surface area contributed by atoms with Crippen LogP contribution in [0.1, 0.15) is 34.3 Å². The van der Waals surface area contributed by atoms with Crippen LogP contribution in [0.15, 0.2) is 53.3 Å². The van der Waals surface area contributed by atoms with Crippen LogP contribution in [0.2, 0.25) is 5.02 Å². The molecule has 0 spiro atoms. The van der Waals surface area contributed by atoms with Gasteiger partial charge in [0, 0.05) is 42.0 Å². The molecule has 0 amide bonds. The molecule has 15 heteroatoms. The van der Waals surface area contributed by atoms with Crippen molar-refractivity contribution in [3.05, 3.63) is 75.1 Å². The number of aliphatic hydroxyl groups is 2. The second-order valence-electron chi connectivity index (χ2n) is 8.30. The summed E-state index contributed by atoms with van der Waals surface area (Å²) in [5.41, 5.74) is -7.03. The number of likely N-dealkylation sites (N-methyl/N-ethyl adjacent to an activating group) is 1. The van der Waals surface area contributed by atoms with E-state index in [0.29, 0.717) is 12.3 Å². The van der Waals surface area contributed by atoms with Gasteiger partial charge in [0.25, 0.3) is 0 Å². The standard InChI is InChI=1S/C23H18Cl2F6N2O5/c1-10(21(37,23(29,30)31)11-5-17(25)19(34)33(2)9-11)13-4-3-12(6-16(13)24)38-18-7-15(22(26,27)28)14(8-32-18)20(35)36/h3-10,19,34,37H,1-2H3,(H,35,36)/t10-,19?,21-/m0/s1. The van der Waals surface area contributed by atoms with Crippen LogP contribution in [-0.2, 0) is 6.18 Å². The Morgan fingerprint density at radius 3 is 2.29 bits per heavy atom. The van der Waals surface area contributed by atoms with Gasteiger partial charge < -0.3 is 25.0 Å². The molecule has 1 unspecified atom stereocenters. The Hall–Kier alpha value is -3.00. The van der Waals surface area contributed by atoms with E-state index in [0.717, 1.165) is 42.3 Å². The number of benzene rings is 1. The molecule has 1 aromatic heterocycles. The smallest absolute Gasteiger partial charge is 0.422 e. The number of nitrogens with zero attached hydrogens (tertiary/aromatic N) is 2. The lowest BCUT2D eigenvalue weighted by Gasteiger charge is -2.40. The second kappa shape index (κ2) is 10.3. The number of halogens is 8. The van der Waals surface area contributed by atoms with Gasteiger partial charge in [-0.1, -0.05) is 36.2 Å². The van der Waals surface area contributed by atoms with Gasteiger partial charge in [0.05, 0.1) is 16.2 Å². The Bertz CT molecular complexity index is 1310. The maximum atomic E-state index is 14.2. The predicted molar refractivity (Wildman–Crippen MR) is 123 cm³/mol. The molecule has 2 heterocycles. The van der Waals surface area contributed by atoms with Crippen LogP contribution >= 0.6 is 23.2 Å². The van der Waals surface area contributed by atoms with E-state index in [1.165, 1.54) is 7.05 Å². The number of alkyl halides is 6. The lowest BCUT2D eigenvalue weighted by molar-refractivity contribution is -0.250. The molecule has 0 bridgehead atoms. The van der Waals surface area contributed by atoms with Crippen molar-refractivity contribution in [3.63, 3.8) is 0 Å². The quantitative estimate of drug-likeness (QED) is 0.361. The molecule has 3 atom stereocenters. The number of hydrogen-bond donors (Lipinski definition) is 3. The molecule has 3 N–H and O–H groups in total. The highest BCUT2D eigenvalue weighted by Crippen LogP contribution is 2.49. The third kappa shape index (κ3) is 5.55. The molecule has 206 valence electrons. The first-order chi connectivity index (χ1) is 17.4. The number of aromatic carboxylic acids is 1. The summed E-state index contributed by atoms with van der Waals surface area (Å²) >= 11 is 12.0. The summed E-state index contributed by atoms with van der Waals surface area (Å²) in [7, 11) is 1.25. The number of rotatable bonds is 6. The van der Waals surface area contributed by atoms with Crippen LogP contribution in [0.5, 0.6) is 11.6 Å². The topological polar surface area (TPSA) is 103 Å². The molecule has 0 fully saturated rings. The van der Waals surface area contributed by atoms with Crippen LogP contribution < -0.4 is 4.74 Å². The van der Waals surface area contributed by atoms with E-state index in [4.69, 9.17) is 33.0 Å². The van der Waals surface area contributed by atoms with Crippen LogP contribution in [0.4, 0.5) is 26.3 Å². The van der Waals surface area contributed by atoms with E-state index in [1.807, 2.05) is 0 Å². The number of carbonyl (C=O) groups is 1. The maximum Gasteiger partial charge on any atom is 0.422 e. The second-order valence-corrected chi connectivity index (χ2v) is 9.14. The zero-order valence-corrected chi connectivity index (χ0v) is 20.8. The van der Waals surface area contributed by atoms with Gasteiger partial charge >= 0.3 is 18.3 Å². The van der Waals surface area contributed by atoms with Gasteiger partial charge in [-0.25, -0.2) is 9.78 Å². The monoisotopic (exact) mass is 586 g/mol. The van der Waals surface area contributed by atoms with E-state index in [-0.39, 0.29) is 21.4 Å². The molecule has 0 aliphatic carbocycles. The molecule has 1 aliphatic rings. The Kier molecular flexibility index (Phi) is 8.00. The van der Waals surface area contributed by atoms with Gasteiger partial charge in [-0.3, -0.25) is 0 Å². The summed E-state index contributed by atoms with van der Waals surface area (Å²) in [6.45, 7) is 1.05. The molecule has 1 aromatic carbocycles. The average Bonchev–Trinajstić information content (AvgIpc) is 2.80. The fraction of sp³-hybridized carbons (Fsp3) is 0.304. The van der Waals surface area contributed by atoms with Gasteiger partial charge in [0.1, 0.15) is 5.75 Å². The minimum atomic E-state index is -5.24. The Morgan fingerprint density at radius 2 is 1.79 bits per heavy atom. The van der Waals surface area contributed by atoms with E-state index in [2.05, 4.69) is 4.98 Å². The van der Waals surface area contributed by atoms with Crippen molar-refractivity contribution >= 4 is 29.2 Å². The first-order valence-corrected chi connectivity index (χ1v) is 11.2. The lowest BCUT2D eigenvalue weighted by atomic mass is 9.77.